The number of amides is 5. The van der Waals surface area contributed by atoms with Gasteiger partial charge in [-0.15, -0.1) is 0 Å². The number of carbonyl (C=O) groups is 5. The van der Waals surface area contributed by atoms with Crippen LogP contribution in [0.15, 0.2) is 53.6 Å². The molecule has 17 nitrogen and oxygen atoms in total. The maximum absolute atomic E-state index is 13.9. The standard InChI is InChI=1S/C37H54N10O7S/c1-22(2)34(35(40)50)44-36(51)23(3)46(53)20-26(16-25-19-41-29-11-9-8-10-28(25)29)42-37(52)30(13-15-32(39)48)43-33(49)21-45(4)55(54)27-12-14-31(47(5,6)7)24(17-27)18-38/h8-12,14,17,19,22-24,26,30-31,34,41,46,54H,13,15-16,20-21H2,1-7H3,(H5-2,39,40,42,43,44,48,49,50,51,52)/p+2/t23-,24?,26?,30-,31?,34?,55?/m0/s1. The summed E-state index contributed by atoms with van der Waals surface area (Å²) in [4.78, 5) is 67.6. The normalized spacial score (nSPS) is 19.1. The largest absolute Gasteiger partial charge is 0.634 e. The molecule has 0 spiro atoms. The van der Waals surface area contributed by atoms with Crippen LogP contribution < -0.4 is 32.5 Å². The fraction of sp³-hybridized carbons (Fsp3) is 0.514. The first-order valence-corrected chi connectivity index (χ1v) is 19.2. The summed E-state index contributed by atoms with van der Waals surface area (Å²) < 4.78 is 13.0. The fourth-order valence-electron chi connectivity index (χ4n) is 6.31. The number of quaternary nitrogens is 2. The minimum atomic E-state index is -1.57. The lowest BCUT2D eigenvalue weighted by Crippen LogP contribution is -3.13. The molecule has 1 aliphatic carbocycles. The molecule has 0 saturated carbocycles. The van der Waals surface area contributed by atoms with Gasteiger partial charge in [0.2, 0.25) is 28.5 Å². The second kappa shape index (κ2) is 19.7. The number of hydrogen-bond donors (Lipinski definition) is 8. The molecule has 2 aromatic rings. The van der Waals surface area contributed by atoms with Crippen molar-refractivity contribution in [3.8, 4) is 6.07 Å². The van der Waals surface area contributed by atoms with Gasteiger partial charge in [-0.2, -0.15) is 9.81 Å². The lowest BCUT2D eigenvalue weighted by Gasteiger charge is -2.35. The van der Waals surface area contributed by atoms with E-state index in [-0.39, 0.29) is 44.3 Å². The number of nitriles is 1. The molecule has 1 aromatic heterocycles. The molecule has 8 atom stereocenters. The van der Waals surface area contributed by atoms with Crippen molar-refractivity contribution in [3.63, 3.8) is 0 Å². The SMILES string of the molecule is CC(C)C(NC(=O)[C@H](C)[NH+]([O-])CC(Cc1c[nH]c2ccccc12)NC(=O)[C@H](CCC(N)=O)NC(=O)CN(C)[S+](O)C1=CC(C#N)C([N+](C)(C)C)C=C1)C(N)=O. The Hall–Kier alpha value is -4.77. The van der Waals surface area contributed by atoms with Crippen molar-refractivity contribution >= 4 is 51.8 Å². The smallest absolute Gasteiger partial charge is 0.278 e. The number of fused-ring (bicyclic) bond motifs is 1. The highest BCUT2D eigenvalue weighted by Gasteiger charge is 2.39. The van der Waals surface area contributed by atoms with Gasteiger partial charge >= 0.3 is 0 Å². The number of rotatable bonds is 20. The third kappa shape index (κ3) is 12.6. The van der Waals surface area contributed by atoms with Gasteiger partial charge in [0.25, 0.3) is 17.3 Å². The van der Waals surface area contributed by atoms with Gasteiger partial charge in [0, 0.05) is 43.1 Å². The van der Waals surface area contributed by atoms with Crippen LogP contribution in [-0.2, 0) is 41.8 Å². The number of likely N-dealkylation sites (N-methyl/N-ethyl adjacent to an activating group) is 2. The highest BCUT2D eigenvalue weighted by molar-refractivity contribution is 7.93. The Balaban J connectivity index is 1.79. The van der Waals surface area contributed by atoms with Crippen molar-refractivity contribution in [2.45, 2.75) is 70.2 Å². The number of carbonyl (C=O) groups excluding carboxylic acids is 5. The van der Waals surface area contributed by atoms with Crippen LogP contribution in [0.25, 0.3) is 10.9 Å². The zero-order valence-electron chi connectivity index (χ0n) is 32.5. The molecule has 300 valence electrons. The van der Waals surface area contributed by atoms with E-state index in [4.69, 9.17) is 11.5 Å². The number of nitrogens with one attached hydrogen (secondary N) is 5. The number of allylic oxidation sites excluding steroid dienone is 1. The Kier molecular flexibility index (Phi) is 16.0. The molecular formula is C37H56N10O7S+2. The molecule has 5 amide bonds. The summed E-state index contributed by atoms with van der Waals surface area (Å²) in [6.45, 7) is 4.20. The monoisotopic (exact) mass is 784 g/mol. The average molecular weight is 785 g/mol. The molecule has 1 heterocycles. The van der Waals surface area contributed by atoms with E-state index < -0.39 is 76.0 Å². The molecule has 0 saturated heterocycles. The maximum Gasteiger partial charge on any atom is 0.278 e. The summed E-state index contributed by atoms with van der Waals surface area (Å²) in [6.07, 6.45) is 6.83. The zero-order valence-corrected chi connectivity index (χ0v) is 33.3. The first-order valence-electron chi connectivity index (χ1n) is 18.0. The molecule has 3 rings (SSSR count). The number of nitrogens with two attached hydrogens (primary N) is 2. The minimum Gasteiger partial charge on any atom is -0.634 e. The van der Waals surface area contributed by atoms with Crippen LogP contribution in [-0.4, -0.2) is 119 Å². The number of hydrogen-bond acceptors (Lipinski definition) is 9. The molecule has 1 aromatic carbocycles. The van der Waals surface area contributed by atoms with Gasteiger partial charge in [-0.25, -0.2) is 0 Å². The molecule has 0 fully saturated rings. The van der Waals surface area contributed by atoms with Gasteiger partial charge in [0.1, 0.15) is 30.6 Å². The molecule has 10 N–H and O–H groups in total. The second-order valence-electron chi connectivity index (χ2n) is 15.2. The Labute approximate surface area is 325 Å². The summed E-state index contributed by atoms with van der Waals surface area (Å²) in [5.74, 6) is -4.26. The van der Waals surface area contributed by atoms with Crippen molar-refractivity contribution in [2.75, 3.05) is 41.3 Å². The van der Waals surface area contributed by atoms with Crippen molar-refractivity contribution in [1.29, 1.82) is 5.26 Å². The average Bonchev–Trinajstić information content (AvgIpc) is 3.52. The van der Waals surface area contributed by atoms with E-state index in [9.17, 15) is 39.0 Å². The lowest BCUT2D eigenvalue weighted by atomic mass is 9.94. The summed E-state index contributed by atoms with van der Waals surface area (Å²) in [7, 11) is 7.43. The van der Waals surface area contributed by atoms with E-state index in [1.807, 2.05) is 51.5 Å². The number of aromatic amines is 1. The molecule has 55 heavy (non-hydrogen) atoms. The van der Waals surface area contributed by atoms with E-state index >= 15 is 0 Å². The van der Waals surface area contributed by atoms with Crippen LogP contribution >= 0.6 is 0 Å². The van der Waals surface area contributed by atoms with Crippen molar-refractivity contribution in [2.24, 2.45) is 23.3 Å². The Morgan fingerprint density at radius 3 is 2.36 bits per heavy atom. The minimum absolute atomic E-state index is 0.126. The van der Waals surface area contributed by atoms with Crippen LogP contribution in [0.3, 0.4) is 0 Å². The van der Waals surface area contributed by atoms with Gasteiger partial charge in [-0.3, -0.25) is 24.0 Å². The third-order valence-corrected chi connectivity index (χ3v) is 10.9. The number of nitrogens with zero attached hydrogens (tertiary/aromatic N) is 3. The van der Waals surface area contributed by atoms with Crippen LogP contribution in [0, 0.1) is 28.4 Å². The number of primary amides is 2. The molecule has 18 heteroatoms. The highest BCUT2D eigenvalue weighted by Crippen LogP contribution is 2.27. The molecular weight excluding hydrogens is 729 g/mol. The Morgan fingerprint density at radius 2 is 1.76 bits per heavy atom. The number of benzene rings is 1. The first-order chi connectivity index (χ1) is 25.7. The van der Waals surface area contributed by atoms with Gasteiger partial charge < -0.3 is 47.2 Å². The van der Waals surface area contributed by atoms with Crippen LogP contribution in [0.2, 0.25) is 0 Å². The zero-order chi connectivity index (χ0) is 41.2. The summed E-state index contributed by atoms with van der Waals surface area (Å²) in [5.41, 5.74) is 12.5. The van der Waals surface area contributed by atoms with Gasteiger partial charge in [-0.1, -0.05) is 36.4 Å². The molecule has 0 bridgehead atoms. The maximum atomic E-state index is 13.9. The summed E-state index contributed by atoms with van der Waals surface area (Å²) in [6, 6.07) is 5.34. The van der Waals surface area contributed by atoms with E-state index in [0.29, 0.717) is 9.39 Å². The van der Waals surface area contributed by atoms with Gasteiger partial charge in [0.05, 0.1) is 39.8 Å². The molecule has 0 aliphatic heterocycles. The number of hydroxylamine groups is 2. The van der Waals surface area contributed by atoms with E-state index in [1.54, 1.807) is 32.2 Å². The topological polar surface area (TPSA) is 264 Å². The van der Waals surface area contributed by atoms with Crippen molar-refractivity contribution < 1.29 is 38.1 Å². The van der Waals surface area contributed by atoms with Gasteiger partial charge in [-0.05, 0) is 43.0 Å². The number of para-hydroxylation sites is 1. The van der Waals surface area contributed by atoms with Crippen LogP contribution in [0.4, 0.5) is 0 Å². The van der Waals surface area contributed by atoms with E-state index in [0.717, 1.165) is 16.5 Å². The fourth-order valence-corrected chi connectivity index (χ4v) is 7.38. The quantitative estimate of drug-likeness (QED) is 0.0462. The molecule has 6 unspecified atom stereocenters. The number of aromatic nitrogens is 1. The predicted molar refractivity (Wildman–Crippen MR) is 210 cm³/mol. The third-order valence-electron chi connectivity index (χ3n) is 9.50. The second-order valence-corrected chi connectivity index (χ2v) is 16.8. The predicted octanol–water partition coefficient (Wildman–Crippen LogP) is -1.05. The van der Waals surface area contributed by atoms with E-state index in [2.05, 4.69) is 27.0 Å². The highest BCUT2D eigenvalue weighted by atomic mass is 32.2. The number of H-pyrrole nitrogens is 1. The van der Waals surface area contributed by atoms with Crippen LogP contribution in [0.1, 0.15) is 39.2 Å². The van der Waals surface area contributed by atoms with Crippen molar-refractivity contribution in [3.05, 3.63) is 64.4 Å². The lowest BCUT2D eigenvalue weighted by molar-refractivity contribution is -0.891. The summed E-state index contributed by atoms with van der Waals surface area (Å²) in [5, 5.41) is 31.7. The van der Waals surface area contributed by atoms with Gasteiger partial charge in [0.15, 0.2) is 6.04 Å². The van der Waals surface area contributed by atoms with Crippen molar-refractivity contribution in [1.82, 2.24) is 25.2 Å². The molecule has 0 radical (unpaired) electrons. The Bertz CT molecular complexity index is 1800. The summed E-state index contributed by atoms with van der Waals surface area (Å²) >= 11 is -1.57. The first kappa shape index (κ1) is 44.6. The van der Waals surface area contributed by atoms with Crippen LogP contribution in [0.5, 0.6) is 0 Å². The molecule has 1 aliphatic rings. The Morgan fingerprint density at radius 1 is 1.09 bits per heavy atom. The van der Waals surface area contributed by atoms with E-state index in [1.165, 1.54) is 18.3 Å².